The Balaban J connectivity index is 1.83. The monoisotopic (exact) mass is 270 g/mol. The molecule has 1 fully saturated rings. The summed E-state index contributed by atoms with van der Waals surface area (Å²) in [4.78, 5) is 13.0. The molecule has 0 N–H and O–H groups in total. The van der Waals surface area contributed by atoms with Crippen molar-refractivity contribution in [1.29, 1.82) is 0 Å². The molecule has 2 rings (SSSR count). The molecule has 1 aliphatic heterocycles. The van der Waals surface area contributed by atoms with Gasteiger partial charge in [0.05, 0.1) is 5.75 Å². The van der Waals surface area contributed by atoms with Crippen LogP contribution < -0.4 is 0 Å². The first-order valence-corrected chi connectivity index (χ1v) is 7.11. The lowest BCUT2D eigenvalue weighted by atomic mass is 9.96. The summed E-state index contributed by atoms with van der Waals surface area (Å²) in [5, 5.41) is 0.716. The van der Waals surface area contributed by atoms with E-state index in [4.69, 9.17) is 16.3 Å². The van der Waals surface area contributed by atoms with Crippen molar-refractivity contribution in [3.8, 4) is 0 Å². The number of halogens is 1. The third kappa shape index (κ3) is 4.02. The van der Waals surface area contributed by atoms with E-state index in [1.165, 1.54) is 0 Å². The fourth-order valence-corrected chi connectivity index (χ4v) is 3.03. The Bertz CT molecular complexity index is 389. The van der Waals surface area contributed by atoms with Crippen LogP contribution in [0.5, 0.6) is 0 Å². The molecule has 0 aromatic heterocycles. The van der Waals surface area contributed by atoms with Gasteiger partial charge in [-0.25, -0.2) is 0 Å². The van der Waals surface area contributed by atoms with Crippen molar-refractivity contribution in [2.75, 3.05) is 19.0 Å². The van der Waals surface area contributed by atoms with Gasteiger partial charge in [-0.15, -0.1) is 11.8 Å². The average molecular weight is 271 g/mol. The van der Waals surface area contributed by atoms with Crippen molar-refractivity contribution >= 4 is 29.1 Å². The summed E-state index contributed by atoms with van der Waals surface area (Å²) in [6.07, 6.45) is 1.74. The zero-order valence-corrected chi connectivity index (χ0v) is 11.1. The van der Waals surface area contributed by atoms with E-state index in [9.17, 15) is 4.79 Å². The maximum absolute atomic E-state index is 11.9. The van der Waals surface area contributed by atoms with Gasteiger partial charge in [-0.3, -0.25) is 4.79 Å². The Morgan fingerprint density at radius 3 is 2.88 bits per heavy atom. The lowest BCUT2D eigenvalue weighted by Gasteiger charge is -2.20. The normalized spacial score (nSPS) is 17.0. The number of hydrogen-bond acceptors (Lipinski definition) is 3. The molecule has 0 unspecified atom stereocenters. The molecule has 0 aliphatic carbocycles. The number of benzene rings is 1. The van der Waals surface area contributed by atoms with E-state index in [0.29, 0.717) is 16.6 Å². The van der Waals surface area contributed by atoms with Gasteiger partial charge in [-0.1, -0.05) is 17.7 Å². The Morgan fingerprint density at radius 1 is 1.41 bits per heavy atom. The van der Waals surface area contributed by atoms with E-state index >= 15 is 0 Å². The highest BCUT2D eigenvalue weighted by molar-refractivity contribution is 8.00. The standard InChI is InChI=1S/C13H15ClO2S/c14-11-2-1-3-12(8-11)17-9-13(15)10-4-6-16-7-5-10/h1-3,8,10H,4-7,9H2. The first-order chi connectivity index (χ1) is 8.25. The van der Waals surface area contributed by atoms with Crippen LogP contribution in [-0.2, 0) is 9.53 Å². The van der Waals surface area contributed by atoms with Crippen LogP contribution in [-0.4, -0.2) is 24.7 Å². The molecule has 1 saturated heterocycles. The predicted octanol–water partition coefficient (Wildman–Crippen LogP) is 3.43. The van der Waals surface area contributed by atoms with Crippen LogP contribution >= 0.6 is 23.4 Å². The molecule has 4 heteroatoms. The van der Waals surface area contributed by atoms with Gasteiger partial charge >= 0.3 is 0 Å². The molecule has 2 nitrogen and oxygen atoms in total. The maximum atomic E-state index is 11.9. The molecule has 17 heavy (non-hydrogen) atoms. The first-order valence-electron chi connectivity index (χ1n) is 5.74. The molecule has 92 valence electrons. The van der Waals surface area contributed by atoms with Gasteiger partial charge in [0.25, 0.3) is 0 Å². The number of Topliss-reactive ketones (excluding diaryl/α,β-unsaturated/α-hetero) is 1. The van der Waals surface area contributed by atoms with Gasteiger partial charge in [0.2, 0.25) is 0 Å². The van der Waals surface area contributed by atoms with Crippen molar-refractivity contribution < 1.29 is 9.53 Å². The summed E-state index contributed by atoms with van der Waals surface area (Å²) in [5.41, 5.74) is 0. The minimum absolute atomic E-state index is 0.190. The van der Waals surface area contributed by atoms with Crippen molar-refractivity contribution in [1.82, 2.24) is 0 Å². The number of carbonyl (C=O) groups is 1. The SMILES string of the molecule is O=C(CSc1cccc(Cl)c1)C1CCOCC1. The molecule has 0 spiro atoms. The van der Waals surface area contributed by atoms with Gasteiger partial charge in [-0.05, 0) is 31.0 Å². The highest BCUT2D eigenvalue weighted by Gasteiger charge is 2.21. The fourth-order valence-electron chi connectivity index (χ4n) is 1.85. The first kappa shape index (κ1) is 12.9. The summed E-state index contributed by atoms with van der Waals surface area (Å²) in [6.45, 7) is 1.44. The van der Waals surface area contributed by atoms with Crippen LogP contribution in [0.3, 0.4) is 0 Å². The number of carbonyl (C=O) groups excluding carboxylic acids is 1. The number of hydrogen-bond donors (Lipinski definition) is 0. The van der Waals surface area contributed by atoms with E-state index < -0.39 is 0 Å². The molecular formula is C13H15ClO2S. The van der Waals surface area contributed by atoms with Crippen LogP contribution in [0.2, 0.25) is 5.02 Å². The Kier molecular flexibility index (Phi) is 4.89. The number of thioether (sulfide) groups is 1. The zero-order valence-electron chi connectivity index (χ0n) is 9.52. The molecule has 0 atom stereocenters. The van der Waals surface area contributed by atoms with Gasteiger partial charge in [0.1, 0.15) is 5.78 Å². The van der Waals surface area contributed by atoms with E-state index in [0.717, 1.165) is 31.0 Å². The predicted molar refractivity (Wildman–Crippen MR) is 70.7 cm³/mol. The highest BCUT2D eigenvalue weighted by Crippen LogP contribution is 2.24. The quantitative estimate of drug-likeness (QED) is 0.784. The smallest absolute Gasteiger partial charge is 0.146 e. The number of ether oxygens (including phenoxy) is 1. The van der Waals surface area contributed by atoms with E-state index in [1.807, 2.05) is 24.3 Å². The number of rotatable bonds is 4. The zero-order chi connectivity index (χ0) is 12.1. The lowest BCUT2D eigenvalue weighted by Crippen LogP contribution is -2.24. The molecule has 1 heterocycles. The van der Waals surface area contributed by atoms with Crippen LogP contribution in [0.15, 0.2) is 29.2 Å². The topological polar surface area (TPSA) is 26.3 Å². The molecule has 0 saturated carbocycles. The summed E-state index contributed by atoms with van der Waals surface area (Å²) < 4.78 is 5.25. The van der Waals surface area contributed by atoms with E-state index in [2.05, 4.69) is 0 Å². The molecule has 0 amide bonds. The molecular weight excluding hydrogens is 256 g/mol. The van der Waals surface area contributed by atoms with Crippen molar-refractivity contribution in [3.63, 3.8) is 0 Å². The average Bonchev–Trinajstić information content (AvgIpc) is 2.37. The van der Waals surface area contributed by atoms with Gasteiger partial charge in [-0.2, -0.15) is 0 Å². The molecule has 0 bridgehead atoms. The van der Waals surface area contributed by atoms with Crippen LogP contribution in [0.1, 0.15) is 12.8 Å². The summed E-state index contributed by atoms with van der Waals surface area (Å²) in [7, 11) is 0. The summed E-state index contributed by atoms with van der Waals surface area (Å²) in [5.74, 6) is 1.05. The lowest BCUT2D eigenvalue weighted by molar-refractivity contribution is -0.123. The second-order valence-corrected chi connectivity index (χ2v) is 5.58. The Hall–Kier alpha value is -0.510. The molecule has 1 aromatic carbocycles. The van der Waals surface area contributed by atoms with E-state index in [1.54, 1.807) is 11.8 Å². The van der Waals surface area contributed by atoms with Crippen LogP contribution in [0.4, 0.5) is 0 Å². The minimum Gasteiger partial charge on any atom is -0.381 e. The second-order valence-electron chi connectivity index (χ2n) is 4.10. The van der Waals surface area contributed by atoms with Crippen molar-refractivity contribution in [2.45, 2.75) is 17.7 Å². The second kappa shape index (κ2) is 6.43. The number of ketones is 1. The maximum Gasteiger partial charge on any atom is 0.146 e. The summed E-state index contributed by atoms with van der Waals surface area (Å²) >= 11 is 7.46. The minimum atomic E-state index is 0.190. The summed E-state index contributed by atoms with van der Waals surface area (Å²) in [6, 6.07) is 7.62. The third-order valence-corrected chi connectivity index (χ3v) is 4.11. The molecule has 1 aliphatic rings. The Morgan fingerprint density at radius 2 is 2.18 bits per heavy atom. The highest BCUT2D eigenvalue weighted by atomic mass is 35.5. The molecule has 0 radical (unpaired) electrons. The van der Waals surface area contributed by atoms with E-state index in [-0.39, 0.29) is 5.92 Å². The fraction of sp³-hybridized carbons (Fsp3) is 0.462. The Labute approximate surface area is 111 Å². The van der Waals surface area contributed by atoms with Crippen molar-refractivity contribution in [3.05, 3.63) is 29.3 Å². The largest absolute Gasteiger partial charge is 0.381 e. The van der Waals surface area contributed by atoms with Crippen LogP contribution in [0, 0.1) is 5.92 Å². The van der Waals surface area contributed by atoms with Gasteiger partial charge in [0.15, 0.2) is 0 Å². The van der Waals surface area contributed by atoms with Crippen molar-refractivity contribution in [2.24, 2.45) is 5.92 Å². The van der Waals surface area contributed by atoms with Crippen LogP contribution in [0.25, 0.3) is 0 Å². The van der Waals surface area contributed by atoms with Gasteiger partial charge in [0, 0.05) is 29.0 Å². The molecule has 1 aromatic rings. The van der Waals surface area contributed by atoms with Gasteiger partial charge < -0.3 is 4.74 Å². The third-order valence-electron chi connectivity index (χ3n) is 2.85.